The average Bonchev–Trinajstić information content (AvgIpc) is 2.44. The first kappa shape index (κ1) is 15.2. The number of carbonyl (C=O) groups is 1. The largest absolute Gasteiger partial charge is 0.397 e. The summed E-state index contributed by atoms with van der Waals surface area (Å²) in [6.45, 7) is 2.45. The number of carbonyl (C=O) groups excluding carboxylic acids is 1. The van der Waals surface area contributed by atoms with Crippen molar-refractivity contribution in [2.75, 3.05) is 17.6 Å². The van der Waals surface area contributed by atoms with Gasteiger partial charge in [0, 0.05) is 11.6 Å². The van der Waals surface area contributed by atoms with Gasteiger partial charge in [-0.1, -0.05) is 35.9 Å². The van der Waals surface area contributed by atoms with Gasteiger partial charge in [-0.05, 0) is 42.7 Å². The van der Waals surface area contributed by atoms with Crippen molar-refractivity contribution in [3.05, 3.63) is 58.6 Å². The smallest absolute Gasteiger partial charge is 0.319 e. The highest BCUT2D eigenvalue weighted by Gasteiger charge is 2.05. The Morgan fingerprint density at radius 3 is 2.71 bits per heavy atom. The van der Waals surface area contributed by atoms with E-state index < -0.39 is 0 Å². The lowest BCUT2D eigenvalue weighted by Gasteiger charge is -2.10. The maximum absolute atomic E-state index is 11.8. The Morgan fingerprint density at radius 1 is 1.24 bits per heavy atom. The van der Waals surface area contributed by atoms with Gasteiger partial charge in [-0.3, -0.25) is 0 Å². The maximum atomic E-state index is 11.8. The third-order valence-corrected chi connectivity index (χ3v) is 3.46. The molecule has 0 radical (unpaired) electrons. The van der Waals surface area contributed by atoms with Crippen LogP contribution in [0.5, 0.6) is 0 Å². The summed E-state index contributed by atoms with van der Waals surface area (Å²) in [5.41, 5.74) is 9.07. The predicted octanol–water partition coefficient (Wildman–Crippen LogP) is 3.59. The first-order valence-corrected chi connectivity index (χ1v) is 7.08. The molecule has 0 aromatic heterocycles. The Hall–Kier alpha value is -2.20. The summed E-state index contributed by atoms with van der Waals surface area (Å²) < 4.78 is 0. The van der Waals surface area contributed by atoms with Gasteiger partial charge in [0.15, 0.2) is 0 Å². The monoisotopic (exact) mass is 303 g/mol. The second-order valence-corrected chi connectivity index (χ2v) is 5.22. The molecular weight excluding hydrogens is 286 g/mol. The number of hydrogen-bond donors (Lipinski definition) is 3. The fourth-order valence-corrected chi connectivity index (χ4v) is 2.20. The first-order chi connectivity index (χ1) is 10.1. The van der Waals surface area contributed by atoms with Gasteiger partial charge in [0.25, 0.3) is 0 Å². The van der Waals surface area contributed by atoms with Gasteiger partial charge < -0.3 is 16.4 Å². The number of amides is 2. The van der Waals surface area contributed by atoms with Crippen LogP contribution in [-0.4, -0.2) is 12.6 Å². The first-order valence-electron chi connectivity index (χ1n) is 6.70. The van der Waals surface area contributed by atoms with Gasteiger partial charge >= 0.3 is 6.03 Å². The normalized spacial score (nSPS) is 10.2. The lowest BCUT2D eigenvalue weighted by Crippen LogP contribution is -2.30. The molecule has 0 saturated heterocycles. The van der Waals surface area contributed by atoms with Crippen LogP contribution in [0.3, 0.4) is 0 Å². The summed E-state index contributed by atoms with van der Waals surface area (Å²) in [5, 5.41) is 6.23. The van der Waals surface area contributed by atoms with E-state index in [1.54, 1.807) is 6.07 Å². The lowest BCUT2D eigenvalue weighted by atomic mass is 10.1. The van der Waals surface area contributed by atoms with E-state index in [1.165, 1.54) is 0 Å². The predicted molar refractivity (Wildman–Crippen MR) is 87.8 cm³/mol. The number of hydrogen-bond acceptors (Lipinski definition) is 2. The zero-order chi connectivity index (χ0) is 15.2. The molecule has 0 saturated carbocycles. The van der Waals surface area contributed by atoms with Crippen molar-refractivity contribution in [2.24, 2.45) is 0 Å². The molecule has 4 N–H and O–H groups in total. The fraction of sp³-hybridized carbons (Fsp3) is 0.188. The number of aryl methyl sites for hydroxylation is 1. The maximum Gasteiger partial charge on any atom is 0.319 e. The minimum Gasteiger partial charge on any atom is -0.397 e. The average molecular weight is 304 g/mol. The zero-order valence-electron chi connectivity index (χ0n) is 11.8. The molecule has 0 unspecified atom stereocenters. The third kappa shape index (κ3) is 4.39. The zero-order valence-corrected chi connectivity index (χ0v) is 12.6. The third-order valence-electron chi connectivity index (χ3n) is 3.09. The van der Waals surface area contributed by atoms with Crippen LogP contribution in [0.15, 0.2) is 42.5 Å². The molecule has 110 valence electrons. The van der Waals surface area contributed by atoms with Crippen LogP contribution < -0.4 is 16.4 Å². The van der Waals surface area contributed by atoms with Crippen LogP contribution in [-0.2, 0) is 6.42 Å². The van der Waals surface area contributed by atoms with Crippen LogP contribution in [0.4, 0.5) is 16.2 Å². The van der Waals surface area contributed by atoms with E-state index in [0.29, 0.717) is 29.4 Å². The van der Waals surface area contributed by atoms with E-state index in [1.807, 2.05) is 43.3 Å². The molecule has 2 aromatic carbocycles. The van der Waals surface area contributed by atoms with Crippen LogP contribution in [0.2, 0.25) is 5.02 Å². The second-order valence-electron chi connectivity index (χ2n) is 4.81. The van der Waals surface area contributed by atoms with Gasteiger partial charge in [0.05, 0.1) is 11.4 Å². The Bertz CT molecular complexity index is 643. The number of nitrogens with two attached hydrogens (primary N) is 1. The quantitative estimate of drug-likeness (QED) is 0.756. The van der Waals surface area contributed by atoms with Gasteiger partial charge in [0.1, 0.15) is 0 Å². The number of rotatable bonds is 4. The summed E-state index contributed by atoms with van der Waals surface area (Å²) in [6.07, 6.45) is 0.677. The van der Waals surface area contributed by atoms with E-state index in [-0.39, 0.29) is 6.03 Å². The molecule has 0 aliphatic heterocycles. The minimum atomic E-state index is -0.280. The molecule has 2 aromatic rings. The van der Waals surface area contributed by atoms with Gasteiger partial charge in [-0.15, -0.1) is 0 Å². The molecule has 0 heterocycles. The van der Waals surface area contributed by atoms with Crippen LogP contribution >= 0.6 is 11.6 Å². The van der Waals surface area contributed by atoms with E-state index >= 15 is 0 Å². The number of nitrogen functional groups attached to an aromatic ring is 1. The molecule has 2 rings (SSSR count). The van der Waals surface area contributed by atoms with E-state index in [9.17, 15) is 4.79 Å². The highest BCUT2D eigenvalue weighted by atomic mass is 35.5. The molecule has 0 aliphatic rings. The molecule has 0 fully saturated rings. The lowest BCUT2D eigenvalue weighted by molar-refractivity contribution is 0.252. The van der Waals surface area contributed by atoms with Crippen LogP contribution in [0, 0.1) is 6.92 Å². The molecular formula is C16H18ClN3O. The van der Waals surface area contributed by atoms with Crippen LogP contribution in [0.1, 0.15) is 11.1 Å². The standard InChI is InChI=1S/C16H18ClN3O/c1-11-6-7-15(14(18)10-11)20-16(21)19-9-8-12-4-2-3-5-13(12)17/h2-7,10H,8-9,18H2,1H3,(H2,19,20,21). The number of halogens is 1. The van der Waals surface area contributed by atoms with Gasteiger partial charge in [0.2, 0.25) is 0 Å². The second kappa shape index (κ2) is 6.99. The number of nitrogens with one attached hydrogen (secondary N) is 2. The number of anilines is 2. The van der Waals surface area contributed by atoms with E-state index in [4.69, 9.17) is 17.3 Å². The fourth-order valence-electron chi connectivity index (χ4n) is 1.97. The Labute approximate surface area is 129 Å². The Balaban J connectivity index is 1.84. The molecule has 0 spiro atoms. The van der Waals surface area contributed by atoms with Gasteiger partial charge in [-0.2, -0.15) is 0 Å². The summed E-state index contributed by atoms with van der Waals surface area (Å²) in [4.78, 5) is 11.8. The Morgan fingerprint density at radius 2 is 2.00 bits per heavy atom. The highest BCUT2D eigenvalue weighted by molar-refractivity contribution is 6.31. The molecule has 0 bridgehead atoms. The molecule has 5 heteroatoms. The van der Waals surface area contributed by atoms with Crippen molar-refractivity contribution >= 4 is 29.0 Å². The molecule has 21 heavy (non-hydrogen) atoms. The summed E-state index contributed by atoms with van der Waals surface area (Å²) in [6, 6.07) is 12.8. The van der Waals surface area contributed by atoms with Crippen LogP contribution in [0.25, 0.3) is 0 Å². The van der Waals surface area contributed by atoms with Gasteiger partial charge in [-0.25, -0.2) is 4.79 Å². The summed E-state index contributed by atoms with van der Waals surface area (Å²) in [5.74, 6) is 0. The van der Waals surface area contributed by atoms with Crippen molar-refractivity contribution < 1.29 is 4.79 Å². The molecule has 2 amide bonds. The Kier molecular flexibility index (Phi) is 5.06. The van der Waals surface area contributed by atoms with Crippen molar-refractivity contribution in [3.8, 4) is 0 Å². The van der Waals surface area contributed by atoms with Crippen molar-refractivity contribution in [1.82, 2.24) is 5.32 Å². The summed E-state index contributed by atoms with van der Waals surface area (Å²) >= 11 is 6.06. The SMILES string of the molecule is Cc1ccc(NC(=O)NCCc2ccccc2Cl)c(N)c1. The summed E-state index contributed by atoms with van der Waals surface area (Å²) in [7, 11) is 0. The van der Waals surface area contributed by atoms with E-state index in [2.05, 4.69) is 10.6 Å². The van der Waals surface area contributed by atoms with Crippen molar-refractivity contribution in [1.29, 1.82) is 0 Å². The minimum absolute atomic E-state index is 0.280. The van der Waals surface area contributed by atoms with Crippen molar-refractivity contribution in [3.63, 3.8) is 0 Å². The number of benzene rings is 2. The molecule has 0 atom stereocenters. The number of urea groups is 1. The van der Waals surface area contributed by atoms with E-state index in [0.717, 1.165) is 11.1 Å². The van der Waals surface area contributed by atoms with Crippen molar-refractivity contribution in [2.45, 2.75) is 13.3 Å². The highest BCUT2D eigenvalue weighted by Crippen LogP contribution is 2.19. The molecule has 0 aliphatic carbocycles. The molecule has 4 nitrogen and oxygen atoms in total. The topological polar surface area (TPSA) is 67.2 Å².